The third-order valence-electron chi connectivity index (χ3n) is 4.64. The normalized spacial score (nSPS) is 17.6. The molecule has 0 N–H and O–H groups in total. The fourth-order valence-corrected chi connectivity index (χ4v) is 3.29. The lowest BCUT2D eigenvalue weighted by atomic mass is 10.0. The topological polar surface area (TPSA) is 40.6 Å². The largest absolute Gasteiger partial charge is 0.342 e. The molecule has 0 aromatic heterocycles. The Morgan fingerprint density at radius 1 is 1.17 bits per heavy atom. The van der Waals surface area contributed by atoms with E-state index in [4.69, 9.17) is 0 Å². The Morgan fingerprint density at radius 3 is 2.25 bits per heavy atom. The number of benzene rings is 1. The van der Waals surface area contributed by atoms with Gasteiger partial charge in [0.1, 0.15) is 0 Å². The van der Waals surface area contributed by atoms with Gasteiger partial charge in [-0.05, 0) is 36.5 Å². The summed E-state index contributed by atoms with van der Waals surface area (Å²) in [6.07, 6.45) is 2.23. The van der Waals surface area contributed by atoms with Crippen LogP contribution in [-0.4, -0.2) is 36.3 Å². The monoisotopic (exact) mass is 330 g/mol. The molecule has 0 spiro atoms. The Balaban J connectivity index is 2.08. The predicted octanol–water partition coefficient (Wildman–Crippen LogP) is 3.81. The van der Waals surface area contributed by atoms with Crippen LogP contribution in [0.25, 0.3) is 0 Å². The van der Waals surface area contributed by atoms with E-state index in [9.17, 15) is 9.59 Å². The van der Waals surface area contributed by atoms with Crippen molar-refractivity contribution in [2.24, 2.45) is 5.92 Å². The van der Waals surface area contributed by atoms with E-state index in [0.29, 0.717) is 18.9 Å². The summed E-state index contributed by atoms with van der Waals surface area (Å²) in [6, 6.07) is 8.14. The van der Waals surface area contributed by atoms with E-state index < -0.39 is 0 Å². The smallest absolute Gasteiger partial charge is 0.228 e. The number of hydrogen-bond donors (Lipinski definition) is 0. The van der Waals surface area contributed by atoms with Crippen molar-refractivity contribution in [2.45, 2.75) is 52.9 Å². The summed E-state index contributed by atoms with van der Waals surface area (Å²) < 4.78 is 0. The van der Waals surface area contributed by atoms with E-state index in [1.807, 2.05) is 17.0 Å². The van der Waals surface area contributed by atoms with Crippen molar-refractivity contribution in [1.29, 1.82) is 0 Å². The standard InChI is InChI=1S/C20H30N2O2/c1-5-11-21(12-6-2)20(24)17-13-19(23)22(14-17)18-9-7-16(8-10-18)15(3)4/h7-10,15,17H,5-6,11-14H2,1-4H3. The Morgan fingerprint density at radius 2 is 1.75 bits per heavy atom. The lowest BCUT2D eigenvalue weighted by molar-refractivity contribution is -0.135. The molecule has 1 fully saturated rings. The van der Waals surface area contributed by atoms with Crippen molar-refractivity contribution in [1.82, 2.24) is 4.90 Å². The van der Waals surface area contributed by atoms with Crippen LogP contribution < -0.4 is 4.90 Å². The van der Waals surface area contributed by atoms with Crippen molar-refractivity contribution >= 4 is 17.5 Å². The quantitative estimate of drug-likeness (QED) is 0.763. The summed E-state index contributed by atoms with van der Waals surface area (Å²) in [5.74, 6) is 0.451. The average Bonchev–Trinajstić information content (AvgIpc) is 2.96. The third kappa shape index (κ3) is 4.16. The molecule has 4 nitrogen and oxygen atoms in total. The maximum absolute atomic E-state index is 12.7. The van der Waals surface area contributed by atoms with Crippen LogP contribution >= 0.6 is 0 Å². The molecule has 24 heavy (non-hydrogen) atoms. The molecule has 1 heterocycles. The molecule has 1 aromatic rings. The van der Waals surface area contributed by atoms with Crippen LogP contribution in [0.1, 0.15) is 58.4 Å². The predicted molar refractivity (Wildman–Crippen MR) is 98.2 cm³/mol. The summed E-state index contributed by atoms with van der Waals surface area (Å²) in [5.41, 5.74) is 2.16. The summed E-state index contributed by atoms with van der Waals surface area (Å²) in [7, 11) is 0. The molecule has 0 saturated carbocycles. The highest BCUT2D eigenvalue weighted by atomic mass is 16.2. The first kappa shape index (κ1) is 18.5. The van der Waals surface area contributed by atoms with E-state index in [-0.39, 0.29) is 17.7 Å². The Labute approximate surface area is 145 Å². The van der Waals surface area contributed by atoms with Gasteiger partial charge in [-0.2, -0.15) is 0 Å². The first-order valence-corrected chi connectivity index (χ1v) is 9.17. The van der Waals surface area contributed by atoms with Crippen molar-refractivity contribution in [3.8, 4) is 0 Å². The Hall–Kier alpha value is -1.84. The van der Waals surface area contributed by atoms with Gasteiger partial charge in [0.2, 0.25) is 11.8 Å². The molecule has 1 saturated heterocycles. The van der Waals surface area contributed by atoms with Gasteiger partial charge in [-0.3, -0.25) is 9.59 Å². The minimum Gasteiger partial charge on any atom is -0.342 e. The fraction of sp³-hybridized carbons (Fsp3) is 0.600. The number of rotatable bonds is 7. The van der Waals surface area contributed by atoms with Crippen molar-refractivity contribution in [2.75, 3.05) is 24.5 Å². The molecule has 132 valence electrons. The van der Waals surface area contributed by atoms with Gasteiger partial charge in [0.05, 0.1) is 5.92 Å². The molecule has 1 aliphatic rings. The van der Waals surface area contributed by atoms with Gasteiger partial charge < -0.3 is 9.80 Å². The first-order chi connectivity index (χ1) is 11.5. The van der Waals surface area contributed by atoms with E-state index in [0.717, 1.165) is 31.6 Å². The summed E-state index contributed by atoms with van der Waals surface area (Å²) >= 11 is 0. The van der Waals surface area contributed by atoms with Gasteiger partial charge in [-0.15, -0.1) is 0 Å². The molecule has 1 aliphatic heterocycles. The molecule has 0 bridgehead atoms. The van der Waals surface area contributed by atoms with Crippen LogP contribution in [0.4, 0.5) is 5.69 Å². The van der Waals surface area contributed by atoms with E-state index >= 15 is 0 Å². The van der Waals surface area contributed by atoms with Crippen LogP contribution in [0.3, 0.4) is 0 Å². The van der Waals surface area contributed by atoms with Gasteiger partial charge in [-0.25, -0.2) is 0 Å². The van der Waals surface area contributed by atoms with Crippen LogP contribution in [-0.2, 0) is 9.59 Å². The van der Waals surface area contributed by atoms with Crippen molar-refractivity contribution in [3.05, 3.63) is 29.8 Å². The van der Waals surface area contributed by atoms with E-state index in [1.54, 1.807) is 4.90 Å². The van der Waals surface area contributed by atoms with Crippen LogP contribution in [0.5, 0.6) is 0 Å². The number of hydrogen-bond acceptors (Lipinski definition) is 2. The second-order valence-electron chi connectivity index (χ2n) is 6.98. The van der Waals surface area contributed by atoms with Gasteiger partial charge in [0.15, 0.2) is 0 Å². The Kier molecular flexibility index (Phi) is 6.41. The molecule has 0 aliphatic carbocycles. The van der Waals surface area contributed by atoms with Crippen LogP contribution in [0.2, 0.25) is 0 Å². The van der Waals surface area contributed by atoms with Gasteiger partial charge in [-0.1, -0.05) is 39.8 Å². The van der Waals surface area contributed by atoms with Crippen LogP contribution in [0.15, 0.2) is 24.3 Å². The number of carbonyl (C=O) groups is 2. The minimum atomic E-state index is -0.208. The maximum Gasteiger partial charge on any atom is 0.228 e. The molecular formula is C20H30N2O2. The summed E-state index contributed by atoms with van der Waals surface area (Å²) in [5, 5.41) is 0. The number of nitrogens with zero attached hydrogens (tertiary/aromatic N) is 2. The zero-order chi connectivity index (χ0) is 17.7. The number of anilines is 1. The first-order valence-electron chi connectivity index (χ1n) is 9.17. The molecule has 1 unspecified atom stereocenters. The molecule has 2 rings (SSSR count). The third-order valence-corrected chi connectivity index (χ3v) is 4.64. The van der Waals surface area contributed by atoms with E-state index in [1.165, 1.54) is 5.56 Å². The average molecular weight is 330 g/mol. The molecular weight excluding hydrogens is 300 g/mol. The summed E-state index contributed by atoms with van der Waals surface area (Å²) in [6.45, 7) is 10.5. The van der Waals surface area contributed by atoms with Gasteiger partial charge in [0, 0.05) is 31.7 Å². The highest BCUT2D eigenvalue weighted by Gasteiger charge is 2.36. The number of amides is 2. The maximum atomic E-state index is 12.7. The highest BCUT2D eigenvalue weighted by molar-refractivity contribution is 6.00. The molecule has 0 radical (unpaired) electrons. The SMILES string of the molecule is CCCN(CCC)C(=O)C1CC(=O)N(c2ccc(C(C)C)cc2)C1. The molecule has 4 heteroatoms. The highest BCUT2D eigenvalue weighted by Crippen LogP contribution is 2.28. The zero-order valence-electron chi connectivity index (χ0n) is 15.4. The van der Waals surface area contributed by atoms with Crippen molar-refractivity contribution in [3.63, 3.8) is 0 Å². The Bertz CT molecular complexity index is 560. The van der Waals surface area contributed by atoms with Gasteiger partial charge in [0.25, 0.3) is 0 Å². The fourth-order valence-electron chi connectivity index (χ4n) is 3.29. The second kappa shape index (κ2) is 8.32. The lowest BCUT2D eigenvalue weighted by Gasteiger charge is -2.25. The van der Waals surface area contributed by atoms with Gasteiger partial charge >= 0.3 is 0 Å². The molecule has 1 aromatic carbocycles. The molecule has 1 atom stereocenters. The molecule has 2 amide bonds. The zero-order valence-corrected chi connectivity index (χ0v) is 15.4. The summed E-state index contributed by atoms with van der Waals surface area (Å²) in [4.78, 5) is 28.8. The lowest BCUT2D eigenvalue weighted by Crippen LogP contribution is -2.38. The second-order valence-corrected chi connectivity index (χ2v) is 6.98. The van der Waals surface area contributed by atoms with E-state index in [2.05, 4.69) is 39.8 Å². The van der Waals surface area contributed by atoms with Crippen molar-refractivity contribution < 1.29 is 9.59 Å². The minimum absolute atomic E-state index is 0.0543. The number of carbonyl (C=O) groups excluding carboxylic acids is 2. The van der Waals surface area contributed by atoms with Crippen LogP contribution in [0, 0.1) is 5.92 Å².